The molecule has 2 N–H and O–H groups in total. The van der Waals surface area contributed by atoms with Gasteiger partial charge < -0.3 is 29.8 Å². The van der Waals surface area contributed by atoms with Crippen LogP contribution in [-0.4, -0.2) is 91.8 Å². The fourth-order valence-corrected chi connectivity index (χ4v) is 6.64. The lowest BCUT2D eigenvalue weighted by molar-refractivity contribution is 0.0115. The lowest BCUT2D eigenvalue weighted by Crippen LogP contribution is -2.49. The van der Waals surface area contributed by atoms with Gasteiger partial charge in [0.2, 0.25) is 0 Å². The molecular formula is C34H50N6O4. The molecule has 0 atom stereocenters. The minimum Gasteiger partial charge on any atom is -0.461 e. The van der Waals surface area contributed by atoms with E-state index in [9.17, 15) is 10.2 Å². The number of anilines is 3. The highest BCUT2D eigenvalue weighted by Gasteiger charge is 2.33. The van der Waals surface area contributed by atoms with Crippen LogP contribution in [0.4, 0.5) is 17.2 Å². The highest BCUT2D eigenvalue weighted by molar-refractivity contribution is 6.10. The number of carbonyl (C=O) groups excluding carboxylic acids is 1. The lowest BCUT2D eigenvalue weighted by Gasteiger charge is -2.41. The van der Waals surface area contributed by atoms with Crippen LogP contribution >= 0.6 is 0 Å². The van der Waals surface area contributed by atoms with Gasteiger partial charge in [0.25, 0.3) is 0 Å². The number of rotatable bonds is 9. The van der Waals surface area contributed by atoms with Crippen molar-refractivity contribution in [1.82, 2.24) is 14.9 Å². The first-order valence-electron chi connectivity index (χ1n) is 16.8. The number of ether oxygens (including phenoxy) is 3. The van der Waals surface area contributed by atoms with Gasteiger partial charge in [-0.2, -0.15) is 0 Å². The third kappa shape index (κ3) is 7.58. The van der Waals surface area contributed by atoms with Gasteiger partial charge in [-0.05, 0) is 63.6 Å². The fourth-order valence-electron chi connectivity index (χ4n) is 6.64. The summed E-state index contributed by atoms with van der Waals surface area (Å²) in [6, 6.07) is 6.41. The molecule has 3 saturated heterocycles. The summed E-state index contributed by atoms with van der Waals surface area (Å²) in [6.07, 6.45) is 8.98. The third-order valence-corrected chi connectivity index (χ3v) is 9.32. The van der Waals surface area contributed by atoms with Crippen LogP contribution in [0, 0.1) is 11.3 Å². The molecule has 5 heterocycles. The maximum absolute atomic E-state index is 13.1. The standard InChI is InChI=1S/C32H44N6O4.C2H6/c1-2-42-32(39)27-21-28(38-12-7-25(8-13-38)37-14-18-41-19-15-37)29(30(33)23-4-3-5-23)31(36-27)35-24-6-11-34-26(20-24)22-9-16-40-17-10-22;1-2/h6,11,20-23,25,33H,2-5,7-10,12-19H2,1H3,(H,34,35,36);1-2H3. The van der Waals surface area contributed by atoms with Crippen LogP contribution in [0.1, 0.15) is 93.4 Å². The predicted molar refractivity (Wildman–Crippen MR) is 174 cm³/mol. The zero-order chi connectivity index (χ0) is 30.9. The quantitative estimate of drug-likeness (QED) is 0.271. The number of carbonyl (C=O) groups is 1. The van der Waals surface area contributed by atoms with E-state index in [-0.39, 0.29) is 18.2 Å². The van der Waals surface area contributed by atoms with Crippen LogP contribution < -0.4 is 10.2 Å². The van der Waals surface area contributed by atoms with Gasteiger partial charge in [-0.1, -0.05) is 20.3 Å². The molecule has 4 aliphatic rings. The molecule has 1 aliphatic carbocycles. The number of nitrogens with one attached hydrogen (secondary N) is 2. The van der Waals surface area contributed by atoms with Crippen molar-refractivity contribution in [3.8, 4) is 0 Å². The molecule has 6 rings (SSSR count). The number of hydrogen-bond acceptors (Lipinski definition) is 10. The second kappa shape index (κ2) is 15.8. The number of morpholine rings is 1. The first-order valence-corrected chi connectivity index (χ1v) is 16.8. The van der Waals surface area contributed by atoms with E-state index in [1.54, 1.807) is 0 Å². The molecule has 0 aromatic carbocycles. The topological polar surface area (TPSA) is 113 Å². The van der Waals surface area contributed by atoms with Crippen LogP contribution in [0.2, 0.25) is 0 Å². The highest BCUT2D eigenvalue weighted by atomic mass is 16.5. The highest BCUT2D eigenvalue weighted by Crippen LogP contribution is 2.39. The molecule has 240 valence electrons. The predicted octanol–water partition coefficient (Wildman–Crippen LogP) is 5.79. The molecular weight excluding hydrogens is 556 g/mol. The number of aromatic nitrogens is 2. The summed E-state index contributed by atoms with van der Waals surface area (Å²) in [5.41, 5.74) is 4.49. The third-order valence-electron chi connectivity index (χ3n) is 9.32. The molecule has 1 saturated carbocycles. The zero-order valence-corrected chi connectivity index (χ0v) is 26.8. The van der Waals surface area contributed by atoms with E-state index in [0.717, 1.165) is 120 Å². The number of nitrogens with zero attached hydrogens (tertiary/aromatic N) is 4. The van der Waals surface area contributed by atoms with Crippen molar-refractivity contribution < 1.29 is 19.0 Å². The Bertz CT molecular complexity index is 1250. The molecule has 0 spiro atoms. The average Bonchev–Trinajstić information content (AvgIpc) is 3.05. The van der Waals surface area contributed by atoms with E-state index in [1.807, 2.05) is 39.1 Å². The van der Waals surface area contributed by atoms with E-state index < -0.39 is 5.97 Å². The number of piperidine rings is 1. The van der Waals surface area contributed by atoms with Crippen molar-refractivity contribution in [2.75, 3.05) is 69.4 Å². The van der Waals surface area contributed by atoms with Crippen LogP contribution in [0.5, 0.6) is 0 Å². The van der Waals surface area contributed by atoms with Gasteiger partial charge in [0.05, 0.1) is 31.1 Å². The number of hydrogen-bond donors (Lipinski definition) is 2. The van der Waals surface area contributed by atoms with E-state index in [4.69, 9.17) is 19.2 Å². The van der Waals surface area contributed by atoms with Gasteiger partial charge in [0, 0.05) is 80.6 Å². The van der Waals surface area contributed by atoms with Crippen LogP contribution in [0.3, 0.4) is 0 Å². The summed E-state index contributed by atoms with van der Waals surface area (Å²) < 4.78 is 16.5. The molecule has 10 heteroatoms. The second-order valence-corrected chi connectivity index (χ2v) is 11.9. The molecule has 0 unspecified atom stereocenters. The lowest BCUT2D eigenvalue weighted by atomic mass is 9.79. The van der Waals surface area contributed by atoms with Crippen LogP contribution in [0.25, 0.3) is 0 Å². The van der Waals surface area contributed by atoms with Crippen LogP contribution in [0.15, 0.2) is 24.4 Å². The maximum Gasteiger partial charge on any atom is 0.357 e. The zero-order valence-electron chi connectivity index (χ0n) is 26.8. The van der Waals surface area contributed by atoms with Crippen molar-refractivity contribution in [3.63, 3.8) is 0 Å². The molecule has 10 nitrogen and oxygen atoms in total. The summed E-state index contributed by atoms with van der Waals surface area (Å²) in [5.74, 6) is 0.673. The van der Waals surface area contributed by atoms with E-state index in [0.29, 0.717) is 23.5 Å². The summed E-state index contributed by atoms with van der Waals surface area (Å²) in [6.45, 7) is 12.9. The first-order chi connectivity index (χ1) is 21.6. The monoisotopic (exact) mass is 606 g/mol. The van der Waals surface area contributed by atoms with E-state index in [1.165, 1.54) is 0 Å². The second-order valence-electron chi connectivity index (χ2n) is 11.9. The van der Waals surface area contributed by atoms with E-state index in [2.05, 4.69) is 26.2 Å². The molecule has 4 fully saturated rings. The molecule has 44 heavy (non-hydrogen) atoms. The Labute approximate surface area is 262 Å². The van der Waals surface area contributed by atoms with Crippen molar-refractivity contribution in [2.45, 2.75) is 77.7 Å². The largest absolute Gasteiger partial charge is 0.461 e. The first kappa shape index (κ1) is 32.3. The van der Waals surface area contributed by atoms with Gasteiger partial charge >= 0.3 is 5.97 Å². The Morgan fingerprint density at radius 1 is 1.00 bits per heavy atom. The summed E-state index contributed by atoms with van der Waals surface area (Å²) in [4.78, 5) is 27.5. The number of esters is 1. The minimum atomic E-state index is -0.440. The van der Waals surface area contributed by atoms with E-state index >= 15 is 0 Å². The molecule has 2 aromatic rings. The maximum atomic E-state index is 13.1. The van der Waals surface area contributed by atoms with Crippen molar-refractivity contribution in [1.29, 1.82) is 5.41 Å². The van der Waals surface area contributed by atoms with Crippen LogP contribution in [-0.2, 0) is 14.2 Å². The molecule has 0 bridgehead atoms. The van der Waals surface area contributed by atoms with Crippen molar-refractivity contribution >= 4 is 28.9 Å². The van der Waals surface area contributed by atoms with Crippen molar-refractivity contribution in [3.05, 3.63) is 41.3 Å². The number of pyridine rings is 2. The Kier molecular flexibility index (Phi) is 11.6. The Morgan fingerprint density at radius 2 is 1.70 bits per heavy atom. The van der Waals surface area contributed by atoms with Crippen molar-refractivity contribution in [2.24, 2.45) is 5.92 Å². The Morgan fingerprint density at radius 3 is 2.36 bits per heavy atom. The van der Waals surface area contributed by atoms with Gasteiger partial charge in [-0.15, -0.1) is 0 Å². The summed E-state index contributed by atoms with van der Waals surface area (Å²) in [7, 11) is 0. The van der Waals surface area contributed by atoms with Gasteiger partial charge in [-0.3, -0.25) is 9.88 Å². The molecule has 2 aromatic heterocycles. The normalized spacial score (nSPS) is 20.3. The average molecular weight is 607 g/mol. The molecule has 0 amide bonds. The summed E-state index contributed by atoms with van der Waals surface area (Å²) >= 11 is 0. The SMILES string of the molecule is CC.CCOC(=O)c1cc(N2CCC(N3CCOCC3)CC2)c(C(=N)C2CCC2)c(Nc2ccnc(C3CCOCC3)c2)n1. The van der Waals surface area contributed by atoms with Gasteiger partial charge in [0.1, 0.15) is 5.82 Å². The molecule has 3 aliphatic heterocycles. The fraction of sp³-hybridized carbons (Fsp3) is 0.647. The Balaban J connectivity index is 0.00000188. The van der Waals surface area contributed by atoms with Gasteiger partial charge in [-0.25, -0.2) is 9.78 Å². The minimum absolute atomic E-state index is 0.209. The smallest absolute Gasteiger partial charge is 0.357 e. The molecule has 0 radical (unpaired) electrons. The Hall–Kier alpha value is -3.08. The summed E-state index contributed by atoms with van der Waals surface area (Å²) in [5, 5.41) is 12.9. The van der Waals surface area contributed by atoms with Gasteiger partial charge in [0.15, 0.2) is 5.69 Å².